The first-order valence-electron chi connectivity index (χ1n) is 4.97. The molecule has 0 saturated carbocycles. The van der Waals surface area contributed by atoms with Crippen LogP contribution in [0, 0.1) is 0 Å². The predicted octanol–water partition coefficient (Wildman–Crippen LogP) is 3.86. The van der Waals surface area contributed by atoms with Crippen molar-refractivity contribution >= 4 is 44.8 Å². The average molecular weight is 344 g/mol. The van der Waals surface area contributed by atoms with E-state index in [4.69, 9.17) is 23.2 Å². The smallest absolute Gasteiger partial charge is 0.180 e. The van der Waals surface area contributed by atoms with E-state index in [1.165, 1.54) is 6.20 Å². The number of aromatic nitrogens is 4. The first-order valence-corrected chi connectivity index (χ1v) is 6.52. The molecule has 0 bridgehead atoms. The number of benzene rings is 1. The van der Waals surface area contributed by atoms with Crippen LogP contribution in [0.25, 0.3) is 17.0 Å². The van der Waals surface area contributed by atoms with Crippen LogP contribution in [0.3, 0.4) is 0 Å². The zero-order valence-electron chi connectivity index (χ0n) is 8.81. The van der Waals surface area contributed by atoms with E-state index in [9.17, 15) is 0 Å². The molecule has 3 aromatic rings. The van der Waals surface area contributed by atoms with E-state index in [-0.39, 0.29) is 0 Å². The van der Waals surface area contributed by atoms with Crippen molar-refractivity contribution in [2.24, 2.45) is 0 Å². The molecule has 4 nitrogen and oxygen atoms in total. The number of rotatable bonds is 1. The lowest BCUT2D eigenvalue weighted by Gasteiger charge is -2.04. The van der Waals surface area contributed by atoms with Crippen molar-refractivity contribution in [1.29, 1.82) is 0 Å². The number of halogens is 3. The van der Waals surface area contributed by atoms with E-state index in [1.807, 2.05) is 12.1 Å². The van der Waals surface area contributed by atoms with Gasteiger partial charge in [-0.25, -0.2) is 0 Å². The van der Waals surface area contributed by atoms with Crippen molar-refractivity contribution in [1.82, 2.24) is 19.6 Å². The van der Waals surface area contributed by atoms with Crippen LogP contribution in [-0.2, 0) is 0 Å². The Morgan fingerprint density at radius 2 is 1.94 bits per heavy atom. The minimum absolute atomic E-state index is 0.437. The molecule has 1 aromatic carbocycles. The molecule has 0 spiro atoms. The normalized spacial score (nSPS) is 11.1. The second-order valence-electron chi connectivity index (χ2n) is 3.57. The SMILES string of the molecule is Clc1cc(Br)ccc1-c1nnc2cncc(Cl)n12. The number of nitrogens with zero attached hydrogens (tertiary/aromatic N) is 4. The van der Waals surface area contributed by atoms with Crippen molar-refractivity contribution < 1.29 is 0 Å². The topological polar surface area (TPSA) is 43.1 Å². The predicted molar refractivity (Wildman–Crippen MR) is 73.9 cm³/mol. The maximum atomic E-state index is 6.20. The van der Waals surface area contributed by atoms with Crippen molar-refractivity contribution in [2.75, 3.05) is 0 Å². The Bertz CT molecular complexity index is 741. The summed E-state index contributed by atoms with van der Waals surface area (Å²) < 4.78 is 2.60. The molecule has 2 aromatic heterocycles. The van der Waals surface area contributed by atoms with Crippen LogP contribution in [0.4, 0.5) is 0 Å². The lowest BCUT2D eigenvalue weighted by Crippen LogP contribution is -1.93. The molecule has 0 fully saturated rings. The Kier molecular flexibility index (Phi) is 2.97. The number of hydrogen-bond donors (Lipinski definition) is 0. The summed E-state index contributed by atoms with van der Waals surface area (Å²) in [6.45, 7) is 0. The summed E-state index contributed by atoms with van der Waals surface area (Å²) in [4.78, 5) is 3.96. The summed E-state index contributed by atoms with van der Waals surface area (Å²) in [5, 5.41) is 9.13. The molecule has 0 radical (unpaired) electrons. The molecular weight excluding hydrogens is 339 g/mol. The zero-order valence-corrected chi connectivity index (χ0v) is 11.9. The molecule has 3 rings (SSSR count). The van der Waals surface area contributed by atoms with Gasteiger partial charge in [0.2, 0.25) is 0 Å². The molecule has 2 heterocycles. The van der Waals surface area contributed by atoms with Crippen LogP contribution in [0.2, 0.25) is 10.2 Å². The molecule has 90 valence electrons. The second-order valence-corrected chi connectivity index (χ2v) is 5.28. The van der Waals surface area contributed by atoms with Gasteiger partial charge in [-0.1, -0.05) is 39.1 Å². The Balaban J connectivity index is 2.32. The van der Waals surface area contributed by atoms with Gasteiger partial charge in [0, 0.05) is 10.0 Å². The highest BCUT2D eigenvalue weighted by Crippen LogP contribution is 2.30. The summed E-state index contributed by atoms with van der Waals surface area (Å²) in [5.41, 5.74) is 1.34. The molecule has 0 amide bonds. The highest BCUT2D eigenvalue weighted by atomic mass is 79.9. The fourth-order valence-electron chi connectivity index (χ4n) is 1.66. The summed E-state index contributed by atoms with van der Waals surface area (Å²) in [7, 11) is 0. The summed E-state index contributed by atoms with van der Waals surface area (Å²) in [6, 6.07) is 5.55. The number of fused-ring (bicyclic) bond motifs is 1. The van der Waals surface area contributed by atoms with Crippen molar-refractivity contribution in [3.05, 3.63) is 45.2 Å². The lowest BCUT2D eigenvalue weighted by atomic mass is 10.2. The second kappa shape index (κ2) is 4.50. The standard InChI is InChI=1S/C11H5BrCl2N4/c12-6-1-2-7(8(13)3-6)11-17-16-10-5-15-4-9(14)18(10)11/h1-5H. The maximum absolute atomic E-state index is 6.20. The molecule has 0 aliphatic carbocycles. The number of hydrogen-bond acceptors (Lipinski definition) is 3. The van der Waals surface area contributed by atoms with Gasteiger partial charge in [-0.2, -0.15) is 0 Å². The van der Waals surface area contributed by atoms with Crippen molar-refractivity contribution in [2.45, 2.75) is 0 Å². The Morgan fingerprint density at radius 1 is 1.11 bits per heavy atom. The minimum Gasteiger partial charge on any atom is -0.262 e. The summed E-state index contributed by atoms with van der Waals surface area (Å²) >= 11 is 15.7. The fraction of sp³-hybridized carbons (Fsp3) is 0. The Hall–Kier alpha value is -1.17. The van der Waals surface area contributed by atoms with E-state index in [2.05, 4.69) is 31.1 Å². The molecule has 0 aliphatic rings. The van der Waals surface area contributed by atoms with Gasteiger partial charge < -0.3 is 0 Å². The molecule has 0 aliphatic heterocycles. The van der Waals surface area contributed by atoms with Crippen LogP contribution < -0.4 is 0 Å². The highest BCUT2D eigenvalue weighted by molar-refractivity contribution is 9.10. The van der Waals surface area contributed by atoms with Crippen LogP contribution in [0.1, 0.15) is 0 Å². The third-order valence-corrected chi connectivity index (χ3v) is 3.52. The van der Waals surface area contributed by atoms with Gasteiger partial charge >= 0.3 is 0 Å². The van der Waals surface area contributed by atoms with Gasteiger partial charge in [0.05, 0.1) is 17.4 Å². The van der Waals surface area contributed by atoms with E-state index < -0.39 is 0 Å². The van der Waals surface area contributed by atoms with Crippen molar-refractivity contribution in [3.63, 3.8) is 0 Å². The first kappa shape index (κ1) is 11.9. The van der Waals surface area contributed by atoms with E-state index in [0.29, 0.717) is 21.6 Å². The van der Waals surface area contributed by atoms with Crippen LogP contribution in [0.5, 0.6) is 0 Å². The van der Waals surface area contributed by atoms with E-state index in [1.54, 1.807) is 16.7 Å². The molecule has 0 saturated heterocycles. The van der Waals surface area contributed by atoms with Gasteiger partial charge in [-0.05, 0) is 18.2 Å². The van der Waals surface area contributed by atoms with Crippen molar-refractivity contribution in [3.8, 4) is 11.4 Å². The van der Waals surface area contributed by atoms with E-state index in [0.717, 1.165) is 10.0 Å². The maximum Gasteiger partial charge on any atom is 0.180 e. The first-order chi connectivity index (χ1) is 8.66. The van der Waals surface area contributed by atoms with Crippen LogP contribution in [0.15, 0.2) is 35.1 Å². The average Bonchev–Trinajstić information content (AvgIpc) is 2.74. The fourth-order valence-corrected chi connectivity index (χ4v) is 2.64. The largest absolute Gasteiger partial charge is 0.262 e. The molecule has 7 heteroatoms. The summed E-state index contributed by atoms with van der Waals surface area (Å²) in [6.07, 6.45) is 3.13. The minimum atomic E-state index is 0.437. The molecule has 0 atom stereocenters. The molecule has 0 N–H and O–H groups in total. The lowest BCUT2D eigenvalue weighted by molar-refractivity contribution is 1.11. The highest BCUT2D eigenvalue weighted by Gasteiger charge is 2.13. The third kappa shape index (κ3) is 1.88. The van der Waals surface area contributed by atoms with Gasteiger partial charge in [0.25, 0.3) is 0 Å². The van der Waals surface area contributed by atoms with Gasteiger partial charge in [0.1, 0.15) is 5.15 Å². The zero-order chi connectivity index (χ0) is 12.7. The van der Waals surface area contributed by atoms with Gasteiger partial charge in [-0.15, -0.1) is 10.2 Å². The van der Waals surface area contributed by atoms with Crippen LogP contribution in [-0.4, -0.2) is 19.6 Å². The quantitative estimate of drug-likeness (QED) is 0.673. The summed E-state index contributed by atoms with van der Waals surface area (Å²) in [5.74, 6) is 0.593. The third-order valence-electron chi connectivity index (χ3n) is 2.44. The van der Waals surface area contributed by atoms with Gasteiger partial charge in [-0.3, -0.25) is 9.38 Å². The van der Waals surface area contributed by atoms with Crippen LogP contribution >= 0.6 is 39.1 Å². The molecule has 0 unspecified atom stereocenters. The molecule has 18 heavy (non-hydrogen) atoms. The van der Waals surface area contributed by atoms with Gasteiger partial charge in [0.15, 0.2) is 11.5 Å². The van der Waals surface area contributed by atoms with E-state index >= 15 is 0 Å². The monoisotopic (exact) mass is 342 g/mol. The molecular formula is C11H5BrCl2N4. The Labute approximate surface area is 121 Å². The Morgan fingerprint density at radius 3 is 2.72 bits per heavy atom.